The Balaban J connectivity index is 1.29. The second-order valence-corrected chi connectivity index (χ2v) is 7.99. The van der Waals surface area contributed by atoms with Crippen LogP contribution in [0.4, 0.5) is 10.5 Å². The van der Waals surface area contributed by atoms with Gasteiger partial charge in [-0.1, -0.05) is 24.3 Å². The molecule has 1 fully saturated rings. The maximum absolute atomic E-state index is 12.8. The Morgan fingerprint density at radius 1 is 1.21 bits per heavy atom. The van der Waals surface area contributed by atoms with Crippen LogP contribution < -0.4 is 5.32 Å². The molecule has 2 heterocycles. The van der Waals surface area contributed by atoms with Crippen LogP contribution in [0.1, 0.15) is 24.0 Å². The first-order valence-corrected chi connectivity index (χ1v) is 9.81. The van der Waals surface area contributed by atoms with Gasteiger partial charge in [-0.25, -0.2) is 4.79 Å². The summed E-state index contributed by atoms with van der Waals surface area (Å²) in [6.07, 6.45) is 3.74. The number of nitrogens with one attached hydrogen (secondary N) is 1. The van der Waals surface area contributed by atoms with Crippen molar-refractivity contribution in [3.63, 3.8) is 0 Å². The van der Waals surface area contributed by atoms with Gasteiger partial charge in [0, 0.05) is 36.6 Å². The lowest BCUT2D eigenvalue weighted by Gasteiger charge is -2.42. The van der Waals surface area contributed by atoms with E-state index in [0.29, 0.717) is 19.5 Å². The second-order valence-electron chi connectivity index (χ2n) is 7.99. The first kappa shape index (κ1) is 17.3. The number of piperidine rings is 1. The summed E-state index contributed by atoms with van der Waals surface area (Å²) in [5.41, 5.74) is 4.12. The largest absolute Gasteiger partial charge is 0.392 e. The molecule has 6 heteroatoms. The van der Waals surface area contributed by atoms with Gasteiger partial charge in [0.25, 0.3) is 0 Å². The van der Waals surface area contributed by atoms with Gasteiger partial charge in [0.05, 0.1) is 17.8 Å². The van der Waals surface area contributed by atoms with Gasteiger partial charge in [-0.15, -0.1) is 0 Å². The van der Waals surface area contributed by atoms with Gasteiger partial charge in [0.1, 0.15) is 0 Å². The van der Waals surface area contributed by atoms with Gasteiger partial charge in [-0.2, -0.15) is 5.10 Å². The van der Waals surface area contributed by atoms with E-state index in [9.17, 15) is 9.90 Å². The Morgan fingerprint density at radius 2 is 2.00 bits per heavy atom. The van der Waals surface area contributed by atoms with Gasteiger partial charge >= 0.3 is 6.03 Å². The zero-order valence-electron chi connectivity index (χ0n) is 15.9. The maximum atomic E-state index is 12.8. The molecule has 0 saturated carbocycles. The van der Waals surface area contributed by atoms with Crippen molar-refractivity contribution >= 4 is 22.6 Å². The minimum Gasteiger partial charge on any atom is -0.392 e. The molecular formula is C22H24N4O2. The van der Waals surface area contributed by atoms with Crippen molar-refractivity contribution in [3.8, 4) is 0 Å². The monoisotopic (exact) mass is 376 g/mol. The normalized spacial score (nSPS) is 20.5. The molecule has 1 aliphatic heterocycles. The molecule has 6 nitrogen and oxygen atoms in total. The molecule has 0 bridgehead atoms. The molecule has 3 aromatic rings. The van der Waals surface area contributed by atoms with Crippen molar-refractivity contribution in [1.29, 1.82) is 0 Å². The van der Waals surface area contributed by atoms with E-state index in [4.69, 9.17) is 0 Å². The van der Waals surface area contributed by atoms with Crippen molar-refractivity contribution in [2.45, 2.75) is 30.8 Å². The number of aliphatic hydroxyl groups excluding tert-OH is 1. The summed E-state index contributed by atoms with van der Waals surface area (Å²) in [7, 11) is 1.90. The number of anilines is 1. The number of nitrogens with zero attached hydrogens (tertiary/aromatic N) is 3. The smallest absolute Gasteiger partial charge is 0.321 e. The van der Waals surface area contributed by atoms with Gasteiger partial charge in [-0.05, 0) is 48.6 Å². The van der Waals surface area contributed by atoms with Crippen LogP contribution in [0.25, 0.3) is 10.9 Å². The van der Waals surface area contributed by atoms with Gasteiger partial charge < -0.3 is 15.3 Å². The lowest BCUT2D eigenvalue weighted by atomic mass is 9.72. The van der Waals surface area contributed by atoms with E-state index in [1.165, 1.54) is 11.1 Å². The van der Waals surface area contributed by atoms with E-state index in [1.807, 2.05) is 47.0 Å². The summed E-state index contributed by atoms with van der Waals surface area (Å²) in [5.74, 6) is 0. The number of carbonyl (C=O) groups excluding carboxylic acids is 1. The number of amides is 2. The van der Waals surface area contributed by atoms with Crippen molar-refractivity contribution in [1.82, 2.24) is 14.7 Å². The summed E-state index contributed by atoms with van der Waals surface area (Å²) in [6.45, 7) is 1.29. The molecule has 1 atom stereocenters. The van der Waals surface area contributed by atoms with Gasteiger partial charge in [0.2, 0.25) is 0 Å². The van der Waals surface area contributed by atoms with Crippen LogP contribution in [0.15, 0.2) is 48.7 Å². The van der Waals surface area contributed by atoms with Crippen LogP contribution in [-0.2, 0) is 18.9 Å². The SMILES string of the molecule is Cn1ncc2cc(NC(=O)N3CCC4(CC3)c3ccccc3C[C@@H]4O)ccc21. The number of aliphatic hydroxyl groups is 1. The molecule has 1 saturated heterocycles. The molecule has 1 aromatic heterocycles. The van der Waals surface area contributed by atoms with E-state index in [0.717, 1.165) is 29.4 Å². The first-order chi connectivity index (χ1) is 13.6. The Kier molecular flexibility index (Phi) is 3.91. The number of hydrogen-bond donors (Lipinski definition) is 2. The van der Waals surface area contributed by atoms with Gasteiger partial charge in [-0.3, -0.25) is 4.68 Å². The fourth-order valence-corrected chi connectivity index (χ4v) is 4.92. The molecule has 144 valence electrons. The lowest BCUT2D eigenvalue weighted by Crippen LogP contribution is -2.50. The van der Waals surface area contributed by atoms with E-state index in [-0.39, 0.29) is 17.6 Å². The zero-order chi connectivity index (χ0) is 19.3. The van der Waals surface area contributed by atoms with E-state index in [1.54, 1.807) is 6.20 Å². The number of urea groups is 1. The van der Waals surface area contributed by atoms with Crippen LogP contribution in [0.5, 0.6) is 0 Å². The van der Waals surface area contributed by atoms with Crippen LogP contribution in [0.2, 0.25) is 0 Å². The Morgan fingerprint density at radius 3 is 2.82 bits per heavy atom. The topological polar surface area (TPSA) is 70.4 Å². The molecular weight excluding hydrogens is 352 g/mol. The third-order valence-corrected chi connectivity index (χ3v) is 6.55. The number of fused-ring (bicyclic) bond motifs is 3. The molecule has 0 unspecified atom stereocenters. The number of likely N-dealkylation sites (tertiary alicyclic amines) is 1. The molecule has 2 amide bonds. The van der Waals surface area contributed by atoms with Crippen molar-refractivity contribution in [2.24, 2.45) is 7.05 Å². The number of rotatable bonds is 1. The molecule has 1 spiro atoms. The maximum Gasteiger partial charge on any atom is 0.321 e. The molecule has 0 radical (unpaired) electrons. The fraction of sp³-hybridized carbons (Fsp3) is 0.364. The third-order valence-electron chi connectivity index (χ3n) is 6.55. The predicted octanol–water partition coefficient (Wildman–Crippen LogP) is 3.06. The van der Waals surface area contributed by atoms with Crippen LogP contribution >= 0.6 is 0 Å². The zero-order valence-corrected chi connectivity index (χ0v) is 15.9. The highest BCUT2D eigenvalue weighted by Crippen LogP contribution is 2.46. The first-order valence-electron chi connectivity index (χ1n) is 9.81. The number of aromatic nitrogens is 2. The van der Waals surface area contributed by atoms with E-state index in [2.05, 4.69) is 22.5 Å². The summed E-state index contributed by atoms with van der Waals surface area (Å²) in [4.78, 5) is 14.6. The molecule has 2 N–H and O–H groups in total. The minimum absolute atomic E-state index is 0.0844. The van der Waals surface area contributed by atoms with Crippen LogP contribution in [0, 0.1) is 0 Å². The highest BCUT2D eigenvalue weighted by Gasteiger charge is 2.48. The number of carbonyl (C=O) groups is 1. The van der Waals surface area contributed by atoms with Crippen molar-refractivity contribution in [3.05, 3.63) is 59.8 Å². The van der Waals surface area contributed by atoms with Gasteiger partial charge in [0.15, 0.2) is 0 Å². The van der Waals surface area contributed by atoms with Crippen molar-refractivity contribution in [2.75, 3.05) is 18.4 Å². The standard InChI is InChI=1S/C22H24N4O2/c1-25-19-7-6-17(12-16(19)14-23-25)24-21(28)26-10-8-22(9-11-26)18-5-3-2-4-15(18)13-20(22)27/h2-7,12,14,20,27H,8-11,13H2,1H3,(H,24,28)/t20-/m0/s1. The fourth-order valence-electron chi connectivity index (χ4n) is 4.92. The second kappa shape index (κ2) is 6.34. The van der Waals surface area contributed by atoms with E-state index >= 15 is 0 Å². The Bertz CT molecular complexity index is 1050. The average Bonchev–Trinajstić information content (AvgIpc) is 3.20. The quantitative estimate of drug-likeness (QED) is 0.686. The Labute approximate surface area is 163 Å². The number of aryl methyl sites for hydroxylation is 1. The Hall–Kier alpha value is -2.86. The summed E-state index contributed by atoms with van der Waals surface area (Å²) in [5, 5.41) is 19.0. The highest BCUT2D eigenvalue weighted by molar-refractivity contribution is 5.92. The number of hydrogen-bond acceptors (Lipinski definition) is 3. The summed E-state index contributed by atoms with van der Waals surface area (Å²) >= 11 is 0. The van der Waals surface area contributed by atoms with Crippen LogP contribution in [0.3, 0.4) is 0 Å². The van der Waals surface area contributed by atoms with Crippen molar-refractivity contribution < 1.29 is 9.90 Å². The average molecular weight is 376 g/mol. The molecule has 2 aliphatic rings. The highest BCUT2D eigenvalue weighted by atomic mass is 16.3. The predicted molar refractivity (Wildman–Crippen MR) is 108 cm³/mol. The summed E-state index contributed by atoms with van der Waals surface area (Å²) in [6, 6.07) is 14.1. The molecule has 28 heavy (non-hydrogen) atoms. The van der Waals surface area contributed by atoms with E-state index < -0.39 is 0 Å². The lowest BCUT2D eigenvalue weighted by molar-refractivity contribution is 0.0531. The molecule has 5 rings (SSSR count). The third kappa shape index (κ3) is 2.59. The molecule has 1 aliphatic carbocycles. The number of benzene rings is 2. The molecule has 2 aromatic carbocycles. The van der Waals surface area contributed by atoms with Crippen LogP contribution in [-0.4, -0.2) is 45.0 Å². The minimum atomic E-state index is -0.358. The summed E-state index contributed by atoms with van der Waals surface area (Å²) < 4.78 is 1.82.